The van der Waals surface area contributed by atoms with Crippen LogP contribution in [0.2, 0.25) is 0 Å². The number of nitro benzene ring substituents is 1. The van der Waals surface area contributed by atoms with Gasteiger partial charge >= 0.3 is 5.97 Å². The number of ether oxygens (including phenoxy) is 1. The fourth-order valence-electron chi connectivity index (χ4n) is 3.55. The Morgan fingerprint density at radius 1 is 1.16 bits per heavy atom. The van der Waals surface area contributed by atoms with Crippen molar-refractivity contribution in [2.45, 2.75) is 20.3 Å². The molecule has 2 heterocycles. The van der Waals surface area contributed by atoms with E-state index in [2.05, 4.69) is 0 Å². The van der Waals surface area contributed by atoms with E-state index in [1.165, 1.54) is 12.1 Å². The molecule has 8 heteroatoms. The summed E-state index contributed by atoms with van der Waals surface area (Å²) in [5.41, 5.74) is 4.27. The van der Waals surface area contributed by atoms with Gasteiger partial charge in [0.2, 0.25) is 0 Å². The molecule has 1 aliphatic rings. The van der Waals surface area contributed by atoms with Crippen LogP contribution in [0, 0.1) is 17.0 Å². The van der Waals surface area contributed by atoms with Crippen molar-refractivity contribution in [3.63, 3.8) is 0 Å². The number of aryl methyl sites for hydroxylation is 1. The summed E-state index contributed by atoms with van der Waals surface area (Å²) >= 11 is 3.35. The van der Waals surface area contributed by atoms with Crippen molar-refractivity contribution in [1.82, 2.24) is 4.98 Å². The van der Waals surface area contributed by atoms with Gasteiger partial charge in [0.1, 0.15) is 0 Å². The minimum Gasteiger partial charge on any atom is -0.462 e. The van der Waals surface area contributed by atoms with Crippen LogP contribution in [0.25, 0.3) is 27.7 Å². The number of hydrogen-bond donors (Lipinski definition) is 0. The molecule has 1 aliphatic heterocycles. The van der Waals surface area contributed by atoms with E-state index in [4.69, 9.17) is 9.72 Å². The Morgan fingerprint density at radius 3 is 2.66 bits per heavy atom. The summed E-state index contributed by atoms with van der Waals surface area (Å²) in [5.74, 6) is 1.54. The number of aromatic nitrogens is 1. The maximum atomic E-state index is 13.1. The average Bonchev–Trinajstić information content (AvgIpc) is 2.80. The molecule has 0 bridgehead atoms. The number of nitrogens with zero attached hydrogens (tertiary/aromatic N) is 2. The predicted molar refractivity (Wildman–Crippen MR) is 132 cm³/mol. The molecule has 0 amide bonds. The highest BCUT2D eigenvalue weighted by Crippen LogP contribution is 2.43. The van der Waals surface area contributed by atoms with E-state index < -0.39 is 4.92 Å². The molecule has 164 valence electrons. The lowest BCUT2D eigenvalue weighted by molar-refractivity contribution is -0.384. The molecule has 2 aromatic carbocycles. The Labute approximate surface area is 194 Å². The van der Waals surface area contributed by atoms with Crippen molar-refractivity contribution in [2.75, 3.05) is 18.1 Å². The van der Waals surface area contributed by atoms with E-state index in [-0.39, 0.29) is 18.3 Å². The Bertz CT molecular complexity index is 1230. The van der Waals surface area contributed by atoms with Crippen molar-refractivity contribution >= 4 is 51.7 Å². The van der Waals surface area contributed by atoms with Gasteiger partial charge in [-0.25, -0.2) is 9.78 Å². The van der Waals surface area contributed by atoms with Crippen LogP contribution in [0.15, 0.2) is 52.8 Å². The van der Waals surface area contributed by atoms with Crippen molar-refractivity contribution in [1.29, 1.82) is 0 Å². The third-order valence-electron chi connectivity index (χ3n) is 5.02. The maximum absolute atomic E-state index is 13.1. The zero-order valence-corrected chi connectivity index (χ0v) is 19.4. The maximum Gasteiger partial charge on any atom is 0.340 e. The van der Waals surface area contributed by atoms with Gasteiger partial charge in [0.15, 0.2) is 0 Å². The van der Waals surface area contributed by atoms with E-state index in [1.54, 1.807) is 42.6 Å². The summed E-state index contributed by atoms with van der Waals surface area (Å²) in [6, 6.07) is 14.2. The number of benzene rings is 2. The first-order valence-electron chi connectivity index (χ1n) is 10.3. The Balaban J connectivity index is 1.99. The zero-order valence-electron chi connectivity index (χ0n) is 17.8. The number of carbonyl (C=O) groups excluding carboxylic acids is 1. The van der Waals surface area contributed by atoms with Crippen LogP contribution in [0.5, 0.6) is 0 Å². The lowest BCUT2D eigenvalue weighted by Gasteiger charge is -2.19. The number of fused-ring (bicyclic) bond motifs is 1. The molecule has 0 atom stereocenters. The van der Waals surface area contributed by atoms with Crippen LogP contribution in [0.1, 0.15) is 24.5 Å². The van der Waals surface area contributed by atoms with Crippen molar-refractivity contribution < 1.29 is 14.5 Å². The molecule has 1 aromatic heterocycles. The summed E-state index contributed by atoms with van der Waals surface area (Å²) in [4.78, 5) is 28.8. The number of nitro groups is 1. The second-order valence-corrected chi connectivity index (χ2v) is 9.79. The third-order valence-corrected chi connectivity index (χ3v) is 7.65. The molecular formula is C24H22N2O4S2. The topological polar surface area (TPSA) is 82.3 Å². The van der Waals surface area contributed by atoms with Gasteiger partial charge in [-0.3, -0.25) is 10.1 Å². The minimum absolute atomic E-state index is 0.00258. The second kappa shape index (κ2) is 9.75. The van der Waals surface area contributed by atoms with Crippen LogP contribution in [0.4, 0.5) is 5.69 Å². The van der Waals surface area contributed by atoms with Gasteiger partial charge in [-0.05, 0) is 50.0 Å². The van der Waals surface area contributed by atoms with Gasteiger partial charge in [-0.2, -0.15) is 0 Å². The van der Waals surface area contributed by atoms with E-state index in [9.17, 15) is 14.9 Å². The zero-order chi connectivity index (χ0) is 22.7. The third kappa shape index (κ3) is 4.66. The molecule has 6 nitrogen and oxygen atoms in total. The monoisotopic (exact) mass is 466 g/mol. The summed E-state index contributed by atoms with van der Waals surface area (Å²) in [5, 5.41) is 12.2. The summed E-state index contributed by atoms with van der Waals surface area (Å²) in [6.07, 6.45) is 1.09. The number of rotatable bonds is 5. The van der Waals surface area contributed by atoms with E-state index in [1.807, 2.05) is 31.2 Å². The summed E-state index contributed by atoms with van der Waals surface area (Å²) in [7, 11) is 0. The molecule has 0 N–H and O–H groups in total. The molecule has 0 saturated carbocycles. The lowest BCUT2D eigenvalue weighted by atomic mass is 9.97. The standard InChI is InChI=1S/C24H22N2O4S2/c1-3-30-23(27)22(24-31-10-5-11-32-24)19-14-21(16-6-4-7-17(13-16)26(28)29)25-20-9-8-15(2)12-18(19)20/h4,6-9,12-14H,3,5,10-11H2,1-2H3. The molecule has 3 aromatic rings. The van der Waals surface area contributed by atoms with Gasteiger partial charge in [-0.1, -0.05) is 23.8 Å². The average molecular weight is 467 g/mol. The van der Waals surface area contributed by atoms with E-state index in [0.717, 1.165) is 44.2 Å². The first kappa shape index (κ1) is 22.4. The molecule has 1 fully saturated rings. The normalized spacial score (nSPS) is 13.8. The molecule has 0 aliphatic carbocycles. The first-order valence-corrected chi connectivity index (χ1v) is 12.3. The smallest absolute Gasteiger partial charge is 0.340 e. The highest BCUT2D eigenvalue weighted by atomic mass is 32.2. The summed E-state index contributed by atoms with van der Waals surface area (Å²) in [6.45, 7) is 4.08. The number of carbonyl (C=O) groups is 1. The molecule has 0 unspecified atom stereocenters. The Morgan fingerprint density at radius 2 is 1.94 bits per heavy atom. The number of thioether (sulfide) groups is 2. The quantitative estimate of drug-likeness (QED) is 0.191. The van der Waals surface area contributed by atoms with E-state index >= 15 is 0 Å². The first-order chi connectivity index (χ1) is 15.5. The highest BCUT2D eigenvalue weighted by molar-refractivity contribution is 8.23. The van der Waals surface area contributed by atoms with Gasteiger partial charge in [-0.15, -0.1) is 23.5 Å². The van der Waals surface area contributed by atoms with E-state index in [0.29, 0.717) is 16.8 Å². The molecular weight excluding hydrogens is 444 g/mol. The Kier molecular flexibility index (Phi) is 6.81. The fourth-order valence-corrected chi connectivity index (χ4v) is 6.19. The SMILES string of the molecule is CCOC(=O)C(=C1SCCCS1)c1cc(-c2cccc([N+](=O)[O-])c2)nc2ccc(C)cc12. The molecule has 1 saturated heterocycles. The number of esters is 1. The lowest BCUT2D eigenvalue weighted by Crippen LogP contribution is -2.10. The molecule has 32 heavy (non-hydrogen) atoms. The number of pyridine rings is 1. The molecule has 4 rings (SSSR count). The molecule has 0 radical (unpaired) electrons. The predicted octanol–water partition coefficient (Wildman–Crippen LogP) is 6.22. The van der Waals surface area contributed by atoms with Crippen molar-refractivity contribution in [3.05, 3.63) is 74.0 Å². The van der Waals surface area contributed by atoms with Crippen LogP contribution in [-0.4, -0.2) is 34.0 Å². The second-order valence-electron chi connectivity index (χ2n) is 7.32. The van der Waals surface area contributed by atoms with Gasteiger partial charge in [0.25, 0.3) is 5.69 Å². The van der Waals surface area contributed by atoms with Crippen LogP contribution in [-0.2, 0) is 9.53 Å². The van der Waals surface area contributed by atoms with Crippen LogP contribution >= 0.6 is 23.5 Å². The van der Waals surface area contributed by atoms with Crippen molar-refractivity contribution in [2.24, 2.45) is 0 Å². The molecule has 0 spiro atoms. The summed E-state index contributed by atoms with van der Waals surface area (Å²) < 4.78 is 6.41. The number of non-ortho nitro benzene ring substituents is 1. The van der Waals surface area contributed by atoms with Gasteiger partial charge in [0, 0.05) is 28.6 Å². The van der Waals surface area contributed by atoms with Gasteiger partial charge < -0.3 is 4.74 Å². The van der Waals surface area contributed by atoms with Gasteiger partial charge in [0.05, 0.1) is 32.6 Å². The number of hydrogen-bond acceptors (Lipinski definition) is 7. The highest BCUT2D eigenvalue weighted by Gasteiger charge is 2.25. The van der Waals surface area contributed by atoms with Crippen molar-refractivity contribution in [3.8, 4) is 11.3 Å². The largest absolute Gasteiger partial charge is 0.462 e. The minimum atomic E-state index is -0.420. The van der Waals surface area contributed by atoms with Crippen LogP contribution < -0.4 is 0 Å². The Hall–Kier alpha value is -2.84. The fraction of sp³-hybridized carbons (Fsp3) is 0.250. The van der Waals surface area contributed by atoms with Crippen LogP contribution in [0.3, 0.4) is 0 Å².